The molecule has 0 fully saturated rings. The molecule has 9 heteroatoms. The molecule has 4 aromatic rings. The van der Waals surface area contributed by atoms with Crippen molar-refractivity contribution >= 4 is 61.8 Å². The zero-order valence-corrected chi connectivity index (χ0v) is 13.2. The van der Waals surface area contributed by atoms with E-state index in [1.54, 1.807) is 12.1 Å². The molecule has 0 aliphatic carbocycles. The third-order valence-corrected chi connectivity index (χ3v) is 5.71. The molecule has 0 saturated heterocycles. The Morgan fingerprint density at radius 3 is 2.77 bits per heavy atom. The third kappa shape index (κ3) is 2.23. The van der Waals surface area contributed by atoms with Crippen LogP contribution in [0.1, 0.15) is 0 Å². The van der Waals surface area contributed by atoms with Crippen LogP contribution in [-0.4, -0.2) is 18.7 Å². The molecule has 0 spiro atoms. The molecule has 2 aromatic heterocycles. The topological polar surface area (TPSA) is 81.8 Å². The van der Waals surface area contributed by atoms with Gasteiger partial charge in [0.05, 0.1) is 31.8 Å². The molecule has 0 aliphatic heterocycles. The number of nitro benzene ring substituents is 1. The van der Waals surface area contributed by atoms with Crippen LogP contribution in [0.5, 0.6) is 0 Å². The molecule has 4 rings (SSSR count). The van der Waals surface area contributed by atoms with Crippen molar-refractivity contribution in [3.8, 4) is 0 Å². The third-order valence-electron chi connectivity index (χ3n) is 3.02. The Balaban J connectivity index is 1.83. The van der Waals surface area contributed by atoms with Crippen molar-refractivity contribution in [2.75, 3.05) is 0 Å². The standard InChI is InChI=1S/C13H6N4O2S3/c18-17(19)12-10(6-5-8-11(12)16-22-15-8)21-13-14-7-3-1-2-4-9(7)20-13/h1-6H. The smallest absolute Gasteiger partial charge is 0.258 e. The lowest BCUT2D eigenvalue weighted by atomic mass is 10.3. The molecule has 0 N–H and O–H groups in total. The lowest BCUT2D eigenvalue weighted by Gasteiger charge is -2.00. The monoisotopic (exact) mass is 346 g/mol. The maximum absolute atomic E-state index is 11.4. The van der Waals surface area contributed by atoms with E-state index < -0.39 is 4.92 Å². The van der Waals surface area contributed by atoms with Gasteiger partial charge in [-0.1, -0.05) is 23.9 Å². The lowest BCUT2D eigenvalue weighted by Crippen LogP contribution is -1.92. The van der Waals surface area contributed by atoms with Crippen LogP contribution in [0, 0.1) is 10.1 Å². The highest BCUT2D eigenvalue weighted by molar-refractivity contribution is 8.01. The van der Waals surface area contributed by atoms with E-state index in [9.17, 15) is 10.1 Å². The van der Waals surface area contributed by atoms with Gasteiger partial charge in [-0.3, -0.25) is 10.1 Å². The number of para-hydroxylation sites is 1. The Morgan fingerprint density at radius 2 is 1.95 bits per heavy atom. The molecule has 2 aromatic carbocycles. The summed E-state index contributed by atoms with van der Waals surface area (Å²) in [6.45, 7) is 0. The van der Waals surface area contributed by atoms with Gasteiger partial charge in [0.2, 0.25) is 0 Å². The molecular formula is C13H6N4O2S3. The van der Waals surface area contributed by atoms with Crippen molar-refractivity contribution in [3.05, 3.63) is 46.5 Å². The van der Waals surface area contributed by atoms with Gasteiger partial charge in [0.25, 0.3) is 0 Å². The molecule has 0 saturated carbocycles. The number of hydrogen-bond donors (Lipinski definition) is 0. The minimum atomic E-state index is -0.403. The highest BCUT2D eigenvalue weighted by atomic mass is 32.2. The van der Waals surface area contributed by atoms with Gasteiger partial charge < -0.3 is 0 Å². The van der Waals surface area contributed by atoms with E-state index in [1.807, 2.05) is 24.3 Å². The first kappa shape index (κ1) is 13.6. The summed E-state index contributed by atoms with van der Waals surface area (Å²) >= 11 is 3.78. The summed E-state index contributed by atoms with van der Waals surface area (Å²) in [6, 6.07) is 11.2. The minimum Gasteiger partial charge on any atom is -0.258 e. The molecule has 0 amide bonds. The Morgan fingerprint density at radius 1 is 1.09 bits per heavy atom. The first-order valence-electron chi connectivity index (χ1n) is 6.15. The highest BCUT2D eigenvalue weighted by Crippen LogP contribution is 2.41. The van der Waals surface area contributed by atoms with Crippen molar-refractivity contribution < 1.29 is 4.92 Å². The summed E-state index contributed by atoms with van der Waals surface area (Å²) in [7, 11) is 0. The fourth-order valence-electron chi connectivity index (χ4n) is 2.07. The van der Waals surface area contributed by atoms with Gasteiger partial charge in [-0.15, -0.1) is 11.3 Å². The largest absolute Gasteiger partial charge is 0.312 e. The van der Waals surface area contributed by atoms with Gasteiger partial charge in [0, 0.05) is 0 Å². The fraction of sp³-hybridized carbons (Fsp3) is 0. The number of fused-ring (bicyclic) bond motifs is 2. The van der Waals surface area contributed by atoms with Crippen LogP contribution >= 0.6 is 34.8 Å². The maximum atomic E-state index is 11.4. The summed E-state index contributed by atoms with van der Waals surface area (Å²) < 4.78 is 9.92. The zero-order valence-electron chi connectivity index (χ0n) is 10.8. The summed E-state index contributed by atoms with van der Waals surface area (Å²) in [6.07, 6.45) is 0. The number of nitrogens with zero attached hydrogens (tertiary/aromatic N) is 4. The molecule has 108 valence electrons. The van der Waals surface area contributed by atoms with E-state index in [0.29, 0.717) is 15.9 Å². The summed E-state index contributed by atoms with van der Waals surface area (Å²) in [4.78, 5) is 16.0. The number of hydrogen-bond acceptors (Lipinski definition) is 8. The van der Waals surface area contributed by atoms with Crippen LogP contribution in [0.2, 0.25) is 0 Å². The minimum absolute atomic E-state index is 0.00416. The van der Waals surface area contributed by atoms with Crippen molar-refractivity contribution in [2.24, 2.45) is 0 Å². The zero-order chi connectivity index (χ0) is 15.1. The van der Waals surface area contributed by atoms with Crippen molar-refractivity contribution in [1.29, 1.82) is 0 Å². The molecule has 6 nitrogen and oxygen atoms in total. The first-order chi connectivity index (χ1) is 10.7. The van der Waals surface area contributed by atoms with Crippen LogP contribution in [0.4, 0.5) is 5.69 Å². The molecular weight excluding hydrogens is 340 g/mol. The van der Waals surface area contributed by atoms with Crippen molar-refractivity contribution in [1.82, 2.24) is 13.7 Å². The molecule has 0 aliphatic rings. The lowest BCUT2D eigenvalue weighted by molar-refractivity contribution is -0.386. The summed E-state index contributed by atoms with van der Waals surface area (Å²) in [5, 5.41) is 11.4. The number of benzene rings is 2. The van der Waals surface area contributed by atoms with E-state index in [1.165, 1.54) is 23.1 Å². The molecule has 22 heavy (non-hydrogen) atoms. The quantitative estimate of drug-likeness (QED) is 0.405. The average Bonchev–Trinajstić information content (AvgIpc) is 3.11. The molecule has 0 radical (unpaired) electrons. The van der Waals surface area contributed by atoms with Crippen LogP contribution in [0.3, 0.4) is 0 Å². The molecule has 0 atom stereocenters. The van der Waals surface area contributed by atoms with Crippen LogP contribution < -0.4 is 0 Å². The Bertz CT molecular complexity index is 978. The second-order valence-electron chi connectivity index (χ2n) is 4.35. The number of thiazole rings is 1. The first-order valence-corrected chi connectivity index (χ1v) is 8.52. The summed E-state index contributed by atoms with van der Waals surface area (Å²) in [5.74, 6) is 0. The molecule has 2 heterocycles. The van der Waals surface area contributed by atoms with Gasteiger partial charge >= 0.3 is 5.69 Å². The molecule has 0 bridgehead atoms. The van der Waals surface area contributed by atoms with E-state index in [0.717, 1.165) is 26.3 Å². The maximum Gasteiger partial charge on any atom is 0.312 e. The van der Waals surface area contributed by atoms with Crippen LogP contribution in [0.25, 0.3) is 21.3 Å². The summed E-state index contributed by atoms with van der Waals surface area (Å²) in [5.41, 5.74) is 1.77. The van der Waals surface area contributed by atoms with Crippen molar-refractivity contribution in [2.45, 2.75) is 9.24 Å². The van der Waals surface area contributed by atoms with Crippen molar-refractivity contribution in [3.63, 3.8) is 0 Å². The van der Waals surface area contributed by atoms with Gasteiger partial charge in [-0.05, 0) is 24.3 Å². The van der Waals surface area contributed by atoms with Crippen LogP contribution in [0.15, 0.2) is 45.6 Å². The average molecular weight is 346 g/mol. The number of aromatic nitrogens is 3. The Labute approximate surface area is 136 Å². The SMILES string of the molecule is O=[N+]([O-])c1c(Sc2nc3ccccc3s2)ccc2nsnc12. The number of nitro groups is 1. The normalized spacial score (nSPS) is 11.3. The van der Waals surface area contributed by atoms with Crippen LogP contribution in [-0.2, 0) is 0 Å². The predicted octanol–water partition coefficient (Wildman–Crippen LogP) is 4.36. The van der Waals surface area contributed by atoms with Gasteiger partial charge in [-0.2, -0.15) is 8.75 Å². The van der Waals surface area contributed by atoms with Gasteiger partial charge in [0.15, 0.2) is 9.86 Å². The molecule has 0 unspecified atom stereocenters. The second kappa shape index (κ2) is 5.27. The fourth-order valence-corrected chi connectivity index (χ4v) is 4.74. The van der Waals surface area contributed by atoms with E-state index in [-0.39, 0.29) is 5.69 Å². The number of rotatable bonds is 3. The Hall–Kier alpha value is -2.10. The van der Waals surface area contributed by atoms with E-state index >= 15 is 0 Å². The van der Waals surface area contributed by atoms with Gasteiger partial charge in [0.1, 0.15) is 5.52 Å². The highest BCUT2D eigenvalue weighted by Gasteiger charge is 2.23. The second-order valence-corrected chi connectivity index (χ2v) is 7.20. The van der Waals surface area contributed by atoms with Gasteiger partial charge in [-0.25, -0.2) is 4.98 Å². The predicted molar refractivity (Wildman–Crippen MR) is 87.8 cm³/mol. The Kier molecular flexibility index (Phi) is 3.25. The van der Waals surface area contributed by atoms with E-state index in [4.69, 9.17) is 0 Å². The van der Waals surface area contributed by atoms with E-state index in [2.05, 4.69) is 13.7 Å².